The zero-order valence-corrected chi connectivity index (χ0v) is 20.6. The Morgan fingerprint density at radius 2 is 2.00 bits per heavy atom. The molecule has 1 aromatic heterocycles. The van der Waals surface area contributed by atoms with Crippen LogP contribution in [0.25, 0.3) is 0 Å². The van der Waals surface area contributed by atoms with Gasteiger partial charge in [0.05, 0.1) is 0 Å². The number of nitrogens with zero attached hydrogens (tertiary/aromatic N) is 2. The number of hydrogen-bond donors (Lipinski definition) is 2. The number of likely N-dealkylation sites (tertiary alicyclic amines) is 1. The van der Waals surface area contributed by atoms with Crippen LogP contribution in [0, 0.1) is 11.8 Å². The number of carbonyl (C=O) groups excluding carboxylic acids is 1. The third kappa shape index (κ3) is 7.35. The zero-order chi connectivity index (χ0) is 23.6. The fourth-order valence-corrected chi connectivity index (χ4v) is 4.54. The fraction of sp³-hybridized carbons (Fsp3) is 0.727. The van der Waals surface area contributed by atoms with Crippen molar-refractivity contribution in [1.29, 1.82) is 0 Å². The number of nitrogens with one attached hydrogen (secondary N) is 1. The van der Waals surface area contributed by atoms with Crippen molar-refractivity contribution in [1.82, 2.24) is 9.88 Å². The van der Waals surface area contributed by atoms with E-state index in [0.717, 1.165) is 19.3 Å². The van der Waals surface area contributed by atoms with E-state index in [2.05, 4.69) is 38.0 Å². The van der Waals surface area contributed by atoms with Crippen LogP contribution in [0.3, 0.4) is 0 Å². The first-order valence-electron chi connectivity index (χ1n) is 10.9. The minimum absolute atomic E-state index is 0.113. The maximum atomic E-state index is 12.6. The van der Waals surface area contributed by atoms with E-state index in [0.29, 0.717) is 24.2 Å². The number of carbonyl (C=O) groups is 1. The molecule has 0 aliphatic carbocycles. The summed E-state index contributed by atoms with van der Waals surface area (Å²) in [6.07, 6.45) is 2.47. The number of rotatable bonds is 7. The van der Waals surface area contributed by atoms with E-state index in [9.17, 15) is 13.2 Å². The number of ether oxygens (including phenoxy) is 1. The Balaban J connectivity index is 2.02. The number of nitrogens with two attached hydrogens (primary N) is 1. The van der Waals surface area contributed by atoms with Gasteiger partial charge in [-0.3, -0.25) is 0 Å². The highest BCUT2D eigenvalue weighted by Gasteiger charge is 2.42. The second kappa shape index (κ2) is 9.32. The normalized spacial score (nSPS) is 20.0. The van der Waals surface area contributed by atoms with Crippen LogP contribution in [0.2, 0.25) is 0 Å². The maximum Gasteiger partial charge on any atom is 0.410 e. The Morgan fingerprint density at radius 3 is 2.55 bits per heavy atom. The fourth-order valence-electron chi connectivity index (χ4n) is 4.05. The lowest BCUT2D eigenvalue weighted by atomic mass is 9.89. The molecule has 2 heterocycles. The van der Waals surface area contributed by atoms with Gasteiger partial charge in [-0.05, 0) is 77.8 Å². The molecule has 0 radical (unpaired) electrons. The highest BCUT2D eigenvalue weighted by molar-refractivity contribution is 7.89. The molecular weight excluding hydrogens is 416 g/mol. The van der Waals surface area contributed by atoms with Crippen LogP contribution in [0.1, 0.15) is 67.7 Å². The van der Waals surface area contributed by atoms with Crippen LogP contribution in [0.5, 0.6) is 0 Å². The molecule has 1 saturated heterocycles. The topological polar surface area (TPSA) is 115 Å². The summed E-state index contributed by atoms with van der Waals surface area (Å²) >= 11 is 0. The Bertz CT molecular complexity index is 878. The second-order valence-corrected chi connectivity index (χ2v) is 12.0. The highest BCUT2D eigenvalue weighted by Crippen LogP contribution is 2.36. The third-order valence-electron chi connectivity index (χ3n) is 5.61. The van der Waals surface area contributed by atoms with Crippen molar-refractivity contribution in [2.75, 3.05) is 11.9 Å². The van der Waals surface area contributed by atoms with Crippen molar-refractivity contribution < 1.29 is 17.9 Å². The molecular formula is C22H38N4O4S. The van der Waals surface area contributed by atoms with Gasteiger partial charge in [0.1, 0.15) is 11.4 Å². The first-order valence-corrected chi connectivity index (χ1v) is 12.4. The molecule has 0 aromatic carbocycles. The summed E-state index contributed by atoms with van der Waals surface area (Å²) < 4.78 is 28.8. The van der Waals surface area contributed by atoms with Crippen LogP contribution in [-0.4, -0.2) is 48.1 Å². The van der Waals surface area contributed by atoms with Crippen LogP contribution >= 0.6 is 0 Å². The number of hydrogen-bond acceptors (Lipinski definition) is 6. The number of aromatic nitrogens is 1. The number of sulfonamides is 1. The van der Waals surface area contributed by atoms with Crippen molar-refractivity contribution in [2.24, 2.45) is 17.0 Å². The van der Waals surface area contributed by atoms with E-state index in [4.69, 9.17) is 9.88 Å². The van der Waals surface area contributed by atoms with Gasteiger partial charge in [-0.25, -0.2) is 23.3 Å². The molecule has 1 aromatic rings. The van der Waals surface area contributed by atoms with Gasteiger partial charge >= 0.3 is 6.09 Å². The summed E-state index contributed by atoms with van der Waals surface area (Å²) in [6.45, 7) is 14.7. The smallest absolute Gasteiger partial charge is 0.410 e. The monoisotopic (exact) mass is 454 g/mol. The quantitative estimate of drug-likeness (QED) is 0.644. The predicted molar refractivity (Wildman–Crippen MR) is 122 cm³/mol. The highest BCUT2D eigenvalue weighted by atomic mass is 32.2. The molecule has 2 atom stereocenters. The Labute approximate surface area is 187 Å². The van der Waals surface area contributed by atoms with Gasteiger partial charge in [-0.2, -0.15) is 0 Å². The summed E-state index contributed by atoms with van der Waals surface area (Å²) in [7, 11) is -3.85. The van der Waals surface area contributed by atoms with Gasteiger partial charge in [0, 0.05) is 18.1 Å². The van der Waals surface area contributed by atoms with Crippen molar-refractivity contribution in [3.63, 3.8) is 0 Å². The average Bonchev–Trinajstić information content (AvgIpc) is 2.91. The summed E-state index contributed by atoms with van der Waals surface area (Å²) in [5.41, 5.74) is -0.768. The van der Waals surface area contributed by atoms with Gasteiger partial charge in [-0.15, -0.1) is 0 Å². The van der Waals surface area contributed by atoms with E-state index >= 15 is 0 Å². The zero-order valence-electron chi connectivity index (χ0n) is 19.8. The molecule has 31 heavy (non-hydrogen) atoms. The van der Waals surface area contributed by atoms with Crippen LogP contribution in [0.4, 0.5) is 10.6 Å². The number of pyridine rings is 1. The Kier molecular flexibility index (Phi) is 7.63. The molecule has 3 N–H and O–H groups in total. The summed E-state index contributed by atoms with van der Waals surface area (Å²) in [5, 5.41) is 8.41. The lowest BCUT2D eigenvalue weighted by Crippen LogP contribution is -2.45. The van der Waals surface area contributed by atoms with Crippen molar-refractivity contribution in [3.05, 3.63) is 18.2 Å². The lowest BCUT2D eigenvalue weighted by Gasteiger charge is -2.33. The van der Waals surface area contributed by atoms with Crippen LogP contribution in [0.15, 0.2) is 23.2 Å². The first-order chi connectivity index (χ1) is 14.1. The van der Waals surface area contributed by atoms with Crippen molar-refractivity contribution in [3.8, 4) is 0 Å². The number of amides is 1. The summed E-state index contributed by atoms with van der Waals surface area (Å²) in [5.74, 6) is 1.18. The van der Waals surface area contributed by atoms with Gasteiger partial charge < -0.3 is 15.0 Å². The molecule has 9 heteroatoms. The van der Waals surface area contributed by atoms with Gasteiger partial charge in [0.25, 0.3) is 10.0 Å². The van der Waals surface area contributed by atoms with Crippen LogP contribution in [-0.2, 0) is 14.8 Å². The number of anilines is 1. The van der Waals surface area contributed by atoms with E-state index < -0.39 is 15.6 Å². The molecule has 1 aliphatic rings. The largest absolute Gasteiger partial charge is 0.444 e. The first kappa shape index (κ1) is 25.4. The number of primary sulfonamides is 1. The van der Waals surface area contributed by atoms with Crippen molar-refractivity contribution >= 4 is 21.9 Å². The average molecular weight is 455 g/mol. The lowest BCUT2D eigenvalue weighted by molar-refractivity contribution is 0.0130. The molecule has 8 nitrogen and oxygen atoms in total. The Morgan fingerprint density at radius 1 is 1.35 bits per heavy atom. The van der Waals surface area contributed by atoms with E-state index in [1.807, 2.05) is 25.7 Å². The molecule has 1 amide bonds. The van der Waals surface area contributed by atoms with Gasteiger partial charge in [-0.1, -0.05) is 19.9 Å². The molecule has 0 saturated carbocycles. The van der Waals surface area contributed by atoms with E-state index in [1.54, 1.807) is 12.1 Å². The molecule has 1 aliphatic heterocycles. The predicted octanol–water partition coefficient (Wildman–Crippen LogP) is 3.98. The van der Waals surface area contributed by atoms with E-state index in [-0.39, 0.29) is 22.7 Å². The van der Waals surface area contributed by atoms with Crippen molar-refractivity contribution in [2.45, 2.75) is 89.9 Å². The molecule has 0 spiro atoms. The minimum Gasteiger partial charge on any atom is -0.444 e. The van der Waals surface area contributed by atoms with E-state index in [1.165, 1.54) is 6.07 Å². The second-order valence-electron chi connectivity index (χ2n) is 10.5. The minimum atomic E-state index is -3.85. The maximum absolute atomic E-state index is 12.6. The molecule has 1 fully saturated rings. The van der Waals surface area contributed by atoms with Crippen LogP contribution < -0.4 is 10.5 Å². The SMILES string of the molecule is CC(C)C(CC[C@@H]1CN(C(=O)OC(C)(C)C)C(C)(C)C1)Nc1cccc(S(N)(=O)=O)n1. The molecule has 2 rings (SSSR count). The molecule has 0 bridgehead atoms. The summed E-state index contributed by atoms with van der Waals surface area (Å²) in [4.78, 5) is 18.6. The molecule has 176 valence electrons. The Hall–Kier alpha value is -1.87. The van der Waals surface area contributed by atoms with Gasteiger partial charge in [0.15, 0.2) is 5.03 Å². The standard InChI is InChI=1S/C22H38N4O4S/c1-15(2)17(24-18-9-8-10-19(25-18)31(23,28)29)12-11-16-13-22(6,7)26(14-16)20(27)30-21(3,4)5/h8-10,15-17H,11-14H2,1-7H3,(H,24,25)(H2,23,28,29)/t16-,17?/m0/s1. The summed E-state index contributed by atoms with van der Waals surface area (Å²) in [6, 6.07) is 4.87. The molecule has 1 unspecified atom stereocenters. The van der Waals surface area contributed by atoms with Gasteiger partial charge in [0.2, 0.25) is 0 Å². The third-order valence-corrected chi connectivity index (χ3v) is 6.42.